The first-order chi connectivity index (χ1) is 12.7. The van der Waals surface area contributed by atoms with Gasteiger partial charge in [-0.25, -0.2) is 8.42 Å². The van der Waals surface area contributed by atoms with Gasteiger partial charge in [0.1, 0.15) is 0 Å². The quantitative estimate of drug-likeness (QED) is 0.798. The van der Waals surface area contributed by atoms with Crippen LogP contribution in [0.25, 0.3) is 0 Å². The van der Waals surface area contributed by atoms with Gasteiger partial charge >= 0.3 is 0 Å². The van der Waals surface area contributed by atoms with E-state index in [0.717, 1.165) is 30.3 Å². The average Bonchev–Trinajstić information content (AvgIpc) is 3.47. The van der Waals surface area contributed by atoms with Crippen molar-refractivity contribution < 1.29 is 18.0 Å². The van der Waals surface area contributed by atoms with E-state index < -0.39 is 9.84 Å². The normalized spacial score (nSPS) is 15.0. The van der Waals surface area contributed by atoms with Gasteiger partial charge in [-0.1, -0.05) is 18.2 Å². The van der Waals surface area contributed by atoms with Gasteiger partial charge in [0.2, 0.25) is 5.91 Å². The van der Waals surface area contributed by atoms with Crippen LogP contribution in [-0.2, 0) is 14.6 Å². The summed E-state index contributed by atoms with van der Waals surface area (Å²) >= 11 is 0. The van der Waals surface area contributed by atoms with Crippen molar-refractivity contribution in [3.05, 3.63) is 59.7 Å². The maximum Gasteiger partial charge on any atom is 0.251 e. The number of anilines is 1. The van der Waals surface area contributed by atoms with Crippen LogP contribution in [0.15, 0.2) is 53.4 Å². The zero-order valence-corrected chi connectivity index (χ0v) is 16.0. The second kappa shape index (κ2) is 7.52. The maximum atomic E-state index is 12.4. The number of amides is 2. The van der Waals surface area contributed by atoms with Gasteiger partial charge in [-0.05, 0) is 55.7 Å². The third-order valence-corrected chi connectivity index (χ3v) is 5.61. The van der Waals surface area contributed by atoms with E-state index in [9.17, 15) is 18.0 Å². The molecule has 0 aliphatic heterocycles. The smallest absolute Gasteiger partial charge is 0.251 e. The molecule has 1 aliphatic rings. The Bertz CT molecular complexity index is 964. The van der Waals surface area contributed by atoms with Gasteiger partial charge < -0.3 is 10.6 Å². The molecule has 2 aromatic carbocycles. The molecule has 0 radical (unpaired) electrons. The molecule has 2 amide bonds. The van der Waals surface area contributed by atoms with Crippen molar-refractivity contribution in [2.24, 2.45) is 5.92 Å². The number of nitrogens with one attached hydrogen (secondary N) is 2. The molecule has 7 heteroatoms. The van der Waals surface area contributed by atoms with Gasteiger partial charge in [0.15, 0.2) is 9.84 Å². The number of hydrogen-bond donors (Lipinski definition) is 2. The van der Waals surface area contributed by atoms with Crippen LogP contribution < -0.4 is 10.6 Å². The Morgan fingerprint density at radius 2 is 1.74 bits per heavy atom. The Morgan fingerprint density at radius 3 is 2.33 bits per heavy atom. The first-order valence-electron chi connectivity index (χ1n) is 8.76. The second-order valence-corrected chi connectivity index (χ2v) is 8.90. The Kier molecular flexibility index (Phi) is 5.32. The fourth-order valence-corrected chi connectivity index (χ4v) is 3.34. The molecule has 0 heterocycles. The number of carbonyl (C=O) groups is 2. The Morgan fingerprint density at radius 1 is 1.07 bits per heavy atom. The van der Waals surface area contributed by atoms with E-state index in [4.69, 9.17) is 0 Å². The lowest BCUT2D eigenvalue weighted by Gasteiger charge is -2.15. The van der Waals surface area contributed by atoms with E-state index in [1.807, 2.05) is 31.2 Å². The minimum absolute atomic E-state index is 0.0508. The summed E-state index contributed by atoms with van der Waals surface area (Å²) in [5.41, 5.74) is 1.90. The summed E-state index contributed by atoms with van der Waals surface area (Å²) in [6, 6.07) is 13.0. The molecular weight excluding hydrogens is 364 g/mol. The van der Waals surface area contributed by atoms with E-state index in [0.29, 0.717) is 0 Å². The molecule has 2 N–H and O–H groups in total. The predicted octanol–water partition coefficient (Wildman–Crippen LogP) is 2.93. The molecule has 1 saturated carbocycles. The summed E-state index contributed by atoms with van der Waals surface area (Å²) in [5, 5.41) is 5.73. The molecule has 0 bridgehead atoms. The van der Waals surface area contributed by atoms with Crippen molar-refractivity contribution in [2.45, 2.75) is 30.7 Å². The van der Waals surface area contributed by atoms with Crippen LogP contribution in [0.1, 0.15) is 41.7 Å². The van der Waals surface area contributed by atoms with Crippen LogP contribution in [0.4, 0.5) is 5.69 Å². The number of sulfone groups is 1. The van der Waals surface area contributed by atoms with E-state index in [1.54, 1.807) is 12.1 Å². The molecule has 2 aromatic rings. The number of hydrogen-bond acceptors (Lipinski definition) is 4. The predicted molar refractivity (Wildman–Crippen MR) is 103 cm³/mol. The fourth-order valence-electron chi connectivity index (χ4n) is 2.68. The molecule has 1 atom stereocenters. The zero-order chi connectivity index (χ0) is 19.6. The Balaban J connectivity index is 1.65. The maximum absolute atomic E-state index is 12.4. The van der Waals surface area contributed by atoms with Gasteiger partial charge in [0.25, 0.3) is 5.91 Å². The highest BCUT2D eigenvalue weighted by atomic mass is 32.2. The van der Waals surface area contributed by atoms with Crippen LogP contribution in [-0.4, -0.2) is 26.5 Å². The van der Waals surface area contributed by atoms with Crippen LogP contribution in [0, 0.1) is 5.92 Å². The van der Waals surface area contributed by atoms with Crippen LogP contribution >= 0.6 is 0 Å². The first kappa shape index (κ1) is 19.1. The van der Waals surface area contributed by atoms with Crippen molar-refractivity contribution in [1.29, 1.82) is 0 Å². The molecule has 27 heavy (non-hydrogen) atoms. The molecule has 142 valence electrons. The van der Waals surface area contributed by atoms with Crippen molar-refractivity contribution >= 4 is 27.3 Å². The third-order valence-electron chi connectivity index (χ3n) is 4.50. The number of benzene rings is 2. The van der Waals surface area contributed by atoms with E-state index in [-0.39, 0.29) is 34.2 Å². The van der Waals surface area contributed by atoms with Gasteiger partial charge in [0.05, 0.1) is 10.9 Å². The lowest BCUT2D eigenvalue weighted by Crippen LogP contribution is -2.26. The molecule has 1 fully saturated rings. The highest BCUT2D eigenvalue weighted by Gasteiger charge is 2.29. The lowest BCUT2D eigenvalue weighted by atomic mass is 10.1. The fraction of sp³-hybridized carbons (Fsp3) is 0.300. The lowest BCUT2D eigenvalue weighted by molar-refractivity contribution is -0.117. The monoisotopic (exact) mass is 386 g/mol. The summed E-state index contributed by atoms with van der Waals surface area (Å²) in [4.78, 5) is 24.3. The SMILES string of the molecule is CC(NC(=O)c1cccc(S(C)(=O)=O)c1)c1ccc(NC(=O)C2CC2)cc1. The molecule has 3 rings (SSSR count). The number of carbonyl (C=O) groups excluding carboxylic acids is 2. The van der Waals surface area contributed by atoms with Crippen LogP contribution in [0.3, 0.4) is 0 Å². The minimum Gasteiger partial charge on any atom is -0.346 e. The van der Waals surface area contributed by atoms with Crippen molar-refractivity contribution in [3.8, 4) is 0 Å². The largest absolute Gasteiger partial charge is 0.346 e. The van der Waals surface area contributed by atoms with Gasteiger partial charge in [-0.3, -0.25) is 9.59 Å². The van der Waals surface area contributed by atoms with Crippen molar-refractivity contribution in [3.63, 3.8) is 0 Å². The average molecular weight is 386 g/mol. The topological polar surface area (TPSA) is 92.3 Å². The molecule has 0 spiro atoms. The standard InChI is InChI=1S/C20H22N2O4S/c1-13(14-8-10-17(11-9-14)22-19(23)15-6-7-15)21-20(24)16-4-3-5-18(12-16)27(2,25)26/h3-5,8-13,15H,6-7H2,1-2H3,(H,21,24)(H,22,23). The third kappa shape index (κ3) is 4.95. The second-order valence-electron chi connectivity index (χ2n) is 6.88. The summed E-state index contributed by atoms with van der Waals surface area (Å²) in [6.07, 6.45) is 3.01. The highest BCUT2D eigenvalue weighted by molar-refractivity contribution is 7.90. The Hall–Kier alpha value is -2.67. The molecule has 6 nitrogen and oxygen atoms in total. The van der Waals surface area contributed by atoms with Gasteiger partial charge in [-0.2, -0.15) is 0 Å². The van der Waals surface area contributed by atoms with Crippen LogP contribution in [0.5, 0.6) is 0 Å². The Labute approximate surface area is 158 Å². The summed E-state index contributed by atoms with van der Waals surface area (Å²) in [6.45, 7) is 1.84. The first-order valence-corrected chi connectivity index (χ1v) is 10.6. The van der Waals surface area contributed by atoms with Crippen molar-refractivity contribution in [2.75, 3.05) is 11.6 Å². The van der Waals surface area contributed by atoms with Gasteiger partial charge in [-0.15, -0.1) is 0 Å². The molecule has 1 aliphatic carbocycles. The summed E-state index contributed by atoms with van der Waals surface area (Å²) in [5.74, 6) is -0.153. The zero-order valence-electron chi connectivity index (χ0n) is 15.2. The van der Waals surface area contributed by atoms with Crippen LogP contribution in [0.2, 0.25) is 0 Å². The molecule has 0 aromatic heterocycles. The number of rotatable bonds is 6. The van der Waals surface area contributed by atoms with E-state index in [2.05, 4.69) is 10.6 Å². The van der Waals surface area contributed by atoms with Gasteiger partial charge in [0, 0.05) is 23.4 Å². The molecule has 0 saturated heterocycles. The molecule has 1 unspecified atom stereocenters. The van der Waals surface area contributed by atoms with Crippen molar-refractivity contribution in [1.82, 2.24) is 5.32 Å². The van der Waals surface area contributed by atoms with E-state index >= 15 is 0 Å². The minimum atomic E-state index is -3.37. The highest BCUT2D eigenvalue weighted by Crippen LogP contribution is 2.30. The van der Waals surface area contributed by atoms with E-state index in [1.165, 1.54) is 12.1 Å². The summed E-state index contributed by atoms with van der Waals surface area (Å²) in [7, 11) is -3.37. The summed E-state index contributed by atoms with van der Waals surface area (Å²) < 4.78 is 23.3. The molecular formula is C20H22N2O4S.